The molecule has 4 nitrogen and oxygen atoms in total. The quantitative estimate of drug-likeness (QED) is 0.256. The molecule has 0 atom stereocenters. The molecule has 0 radical (unpaired) electrons. The monoisotopic (exact) mass is 102 g/mol. The Morgan fingerprint density at radius 3 is 2.00 bits per heavy atom. The average Bonchev–Trinajstić information content (AvgIpc) is 2.21. The van der Waals surface area contributed by atoms with Gasteiger partial charge in [-0.05, 0) is 12.8 Å². The predicted molar refractivity (Wildman–Crippen MR) is 25.5 cm³/mol. The van der Waals surface area contributed by atoms with Crippen molar-refractivity contribution in [1.29, 1.82) is 0 Å². The van der Waals surface area contributed by atoms with Crippen LogP contribution in [0.15, 0.2) is 0 Å². The van der Waals surface area contributed by atoms with Crippen molar-refractivity contribution in [3.8, 4) is 0 Å². The maximum atomic E-state index is 10.1. The lowest BCUT2D eigenvalue weighted by Gasteiger charge is -2.28. The molecular weight excluding hydrogens is 94.1 g/mol. The lowest BCUT2D eigenvalue weighted by molar-refractivity contribution is 0.270. The fourth-order valence-electron chi connectivity index (χ4n) is 0.348. The van der Waals surface area contributed by atoms with E-state index in [1.807, 2.05) is 0 Å². The van der Waals surface area contributed by atoms with Crippen LogP contribution in [-0.4, -0.2) is 10.8 Å². The van der Waals surface area contributed by atoms with E-state index in [1.165, 1.54) is 0 Å². The normalized spacial score (nSPS) is 25.7. The van der Waals surface area contributed by atoms with E-state index >= 15 is 0 Å². The second-order valence-electron chi connectivity index (χ2n) is 1.93. The Bertz CT molecular complexity index is 78.2. The number of rotatable bonds is 1. The number of hydrogen-bond donors (Lipinski definition) is 2. The molecule has 0 aliphatic heterocycles. The van der Waals surface area contributed by atoms with Gasteiger partial charge in [-0.3, -0.25) is 5.84 Å². The van der Waals surface area contributed by atoms with E-state index in [2.05, 4.69) is 0 Å². The number of hydrogen-bond acceptors (Lipinski definition) is 4. The zero-order valence-electron chi connectivity index (χ0n) is 3.92. The van der Waals surface area contributed by atoms with E-state index < -0.39 is 5.66 Å². The maximum Gasteiger partial charge on any atom is 0.0699 e. The van der Waals surface area contributed by atoms with Crippen molar-refractivity contribution >= 4 is 0 Å². The third-order valence-electron chi connectivity index (χ3n) is 1.20. The van der Waals surface area contributed by atoms with Crippen LogP contribution in [0.3, 0.4) is 0 Å². The summed E-state index contributed by atoms with van der Waals surface area (Å²) in [5.74, 6) is 4.78. The van der Waals surface area contributed by atoms with Gasteiger partial charge >= 0.3 is 0 Å². The highest BCUT2D eigenvalue weighted by Crippen LogP contribution is 2.32. The summed E-state index contributed by atoms with van der Waals surface area (Å²) < 4.78 is 0. The van der Waals surface area contributed by atoms with Gasteiger partial charge in [-0.2, -0.15) is 0 Å². The molecule has 0 spiro atoms. The van der Waals surface area contributed by atoms with Crippen LogP contribution in [0.25, 0.3) is 0 Å². The number of hydrazine groups is 1. The zero-order chi connectivity index (χ0) is 5.49. The largest absolute Gasteiger partial charge is 0.770 e. The summed E-state index contributed by atoms with van der Waals surface area (Å²) in [6.45, 7) is 0. The van der Waals surface area contributed by atoms with Gasteiger partial charge in [0.15, 0.2) is 0 Å². The molecule has 0 heterocycles. The fraction of sp³-hybridized carbons (Fsp3) is 1.00. The van der Waals surface area contributed by atoms with Crippen LogP contribution in [0.4, 0.5) is 0 Å². The molecule has 1 saturated carbocycles. The third-order valence-corrected chi connectivity index (χ3v) is 1.20. The smallest absolute Gasteiger partial charge is 0.0699 e. The fourth-order valence-corrected chi connectivity index (χ4v) is 0.348. The van der Waals surface area contributed by atoms with Crippen molar-refractivity contribution in [3.05, 3.63) is 5.21 Å². The van der Waals surface area contributed by atoms with E-state index in [0.717, 1.165) is 12.8 Å². The van der Waals surface area contributed by atoms with Crippen molar-refractivity contribution in [3.63, 3.8) is 0 Å². The summed E-state index contributed by atoms with van der Waals surface area (Å²) >= 11 is 0. The van der Waals surface area contributed by atoms with Crippen molar-refractivity contribution in [2.45, 2.75) is 18.5 Å². The molecule has 1 fully saturated rings. The Hall–Kier alpha value is -0.160. The Kier molecular flexibility index (Phi) is 0.829. The van der Waals surface area contributed by atoms with Gasteiger partial charge in [-0.15, -0.1) is 0 Å². The topological polar surface area (TPSA) is 78.3 Å². The first-order chi connectivity index (χ1) is 3.15. The van der Waals surface area contributed by atoms with Crippen molar-refractivity contribution in [2.24, 2.45) is 11.6 Å². The molecule has 7 heavy (non-hydrogen) atoms. The molecule has 0 aromatic rings. The number of nitrogens with zero attached hydrogens (tertiary/aromatic N) is 1. The summed E-state index contributed by atoms with van der Waals surface area (Å²) in [5.41, 5.74) is 4.58. The van der Waals surface area contributed by atoms with E-state index in [1.54, 1.807) is 0 Å². The van der Waals surface area contributed by atoms with E-state index in [4.69, 9.17) is 11.6 Å². The Balaban J connectivity index is 2.39. The summed E-state index contributed by atoms with van der Waals surface area (Å²) in [6.07, 6.45) is 1.46. The van der Waals surface area contributed by atoms with Gasteiger partial charge in [0.05, 0.1) is 5.66 Å². The van der Waals surface area contributed by atoms with Gasteiger partial charge in [0.25, 0.3) is 0 Å². The van der Waals surface area contributed by atoms with Gasteiger partial charge in [-0.25, -0.2) is 0 Å². The molecule has 0 saturated heterocycles. The highest BCUT2D eigenvalue weighted by atomic mass is 16.5. The van der Waals surface area contributed by atoms with E-state index in [9.17, 15) is 5.21 Å². The number of hydroxylamine groups is 1. The van der Waals surface area contributed by atoms with Crippen LogP contribution in [0.1, 0.15) is 12.8 Å². The average molecular weight is 102 g/mol. The first-order valence-electron chi connectivity index (χ1n) is 2.16. The van der Waals surface area contributed by atoms with E-state index in [-0.39, 0.29) is 0 Å². The minimum Gasteiger partial charge on any atom is -0.770 e. The summed E-state index contributed by atoms with van der Waals surface area (Å²) in [6, 6.07) is 0. The van der Waals surface area contributed by atoms with Crippen molar-refractivity contribution < 1.29 is 0 Å². The Morgan fingerprint density at radius 2 is 2.00 bits per heavy atom. The molecule has 1 rings (SSSR count). The second kappa shape index (κ2) is 1.16. The van der Waals surface area contributed by atoms with Crippen LogP contribution in [0.5, 0.6) is 0 Å². The SMILES string of the molecule is NN([O-])C1(N)CC1. The zero-order valence-corrected chi connectivity index (χ0v) is 3.92. The lowest BCUT2D eigenvalue weighted by atomic mass is 10.6. The van der Waals surface area contributed by atoms with Gasteiger partial charge in [0, 0.05) is 0 Å². The highest BCUT2D eigenvalue weighted by molar-refractivity contribution is 4.96. The van der Waals surface area contributed by atoms with Gasteiger partial charge in [0.1, 0.15) is 0 Å². The summed E-state index contributed by atoms with van der Waals surface area (Å²) in [5, 5.41) is 10.4. The lowest BCUT2D eigenvalue weighted by Crippen LogP contribution is -2.44. The van der Waals surface area contributed by atoms with Gasteiger partial charge < -0.3 is 16.1 Å². The molecule has 0 unspecified atom stereocenters. The first kappa shape index (κ1) is 4.99. The van der Waals surface area contributed by atoms with Gasteiger partial charge in [-0.1, -0.05) is 0 Å². The minimum atomic E-state index is -0.694. The summed E-state index contributed by atoms with van der Waals surface area (Å²) in [4.78, 5) is 0. The highest BCUT2D eigenvalue weighted by Gasteiger charge is 2.38. The van der Waals surface area contributed by atoms with Crippen molar-refractivity contribution in [1.82, 2.24) is 5.17 Å². The standard InChI is InChI=1S/C3H8N3O/c4-3(1-2-3)6(5)7/h1-2,4-5H2/q-1. The predicted octanol–water partition coefficient (Wildman–Crippen LogP) is -0.891. The molecule has 0 aromatic heterocycles. The minimum absolute atomic E-state index is 0.326. The van der Waals surface area contributed by atoms with Gasteiger partial charge in [0.2, 0.25) is 0 Å². The van der Waals surface area contributed by atoms with Crippen LogP contribution >= 0.6 is 0 Å². The molecule has 0 amide bonds. The summed E-state index contributed by atoms with van der Waals surface area (Å²) in [7, 11) is 0. The number of nitrogens with two attached hydrogens (primary N) is 2. The van der Waals surface area contributed by atoms with Crippen LogP contribution in [0.2, 0.25) is 0 Å². The Morgan fingerprint density at radius 1 is 1.57 bits per heavy atom. The van der Waals surface area contributed by atoms with Crippen LogP contribution < -0.4 is 11.6 Å². The molecule has 0 aromatic carbocycles. The Labute approximate surface area is 41.6 Å². The molecule has 1 aliphatic rings. The molecule has 4 heteroatoms. The molecule has 0 bridgehead atoms. The molecule has 42 valence electrons. The second-order valence-corrected chi connectivity index (χ2v) is 1.93. The van der Waals surface area contributed by atoms with Crippen LogP contribution in [-0.2, 0) is 0 Å². The van der Waals surface area contributed by atoms with E-state index in [0.29, 0.717) is 5.17 Å². The maximum absolute atomic E-state index is 10.1. The third kappa shape index (κ3) is 0.733. The first-order valence-corrected chi connectivity index (χ1v) is 2.16. The van der Waals surface area contributed by atoms with Crippen LogP contribution in [0, 0.1) is 5.21 Å². The molecule has 4 N–H and O–H groups in total. The molecule has 1 aliphatic carbocycles. The van der Waals surface area contributed by atoms with Crippen molar-refractivity contribution in [2.75, 3.05) is 0 Å². The molecular formula is C3H8N3O-.